The maximum absolute atomic E-state index is 14.6. The van der Waals surface area contributed by atoms with Crippen LogP contribution >= 0.6 is 0 Å². The molecule has 0 radical (unpaired) electrons. The average Bonchev–Trinajstić information content (AvgIpc) is 3.31. The number of rotatable bonds is 7. The van der Waals surface area contributed by atoms with Crippen molar-refractivity contribution < 1.29 is 24.0 Å². The highest BCUT2D eigenvalue weighted by Crippen LogP contribution is 2.64. The Labute approximate surface area is 252 Å². The number of ether oxygens (including phenoxy) is 1. The van der Waals surface area contributed by atoms with Gasteiger partial charge in [0.2, 0.25) is 17.7 Å². The molecule has 3 amide bonds. The summed E-state index contributed by atoms with van der Waals surface area (Å²) in [7, 11) is 1.34. The van der Waals surface area contributed by atoms with E-state index in [1.54, 1.807) is 6.21 Å². The van der Waals surface area contributed by atoms with Crippen LogP contribution in [0.4, 0.5) is 11.4 Å². The summed E-state index contributed by atoms with van der Waals surface area (Å²) in [5, 5.41) is 15.9. The molecule has 2 atom stereocenters. The van der Waals surface area contributed by atoms with Gasteiger partial charge in [-0.2, -0.15) is 5.10 Å². The van der Waals surface area contributed by atoms with Gasteiger partial charge in [0.15, 0.2) is 0 Å². The third-order valence-electron chi connectivity index (χ3n) is 8.96. The van der Waals surface area contributed by atoms with Crippen LogP contribution in [0.25, 0.3) is 0 Å². The maximum atomic E-state index is 14.6. The fourth-order valence-corrected chi connectivity index (χ4v) is 7.28. The highest BCUT2D eigenvalue weighted by Gasteiger charge is 2.68. The first kappa shape index (κ1) is 27.2. The highest BCUT2D eigenvalue weighted by molar-refractivity contribution is 6.25. The summed E-state index contributed by atoms with van der Waals surface area (Å²) in [5.41, 5.74) is 5.70. The summed E-state index contributed by atoms with van der Waals surface area (Å²) < 4.78 is 5.43. The molecule has 1 aliphatic heterocycles. The van der Waals surface area contributed by atoms with Gasteiger partial charge in [-0.3, -0.25) is 24.5 Å². The number of nitrogens with one attached hydrogen (secondary N) is 1. The molecule has 0 aromatic heterocycles. The molecule has 10 nitrogen and oxygen atoms in total. The molecule has 4 aliphatic rings. The summed E-state index contributed by atoms with van der Waals surface area (Å²) in [5.74, 6) is -3.25. The van der Waals surface area contributed by atoms with E-state index in [1.807, 2.05) is 78.9 Å². The van der Waals surface area contributed by atoms with Crippen molar-refractivity contribution >= 4 is 35.3 Å². The van der Waals surface area contributed by atoms with E-state index in [0.29, 0.717) is 0 Å². The Kier molecular flexibility index (Phi) is 6.35. The Morgan fingerprint density at radius 1 is 0.955 bits per heavy atom. The number of hydrazone groups is 1. The van der Waals surface area contributed by atoms with Crippen LogP contribution in [0, 0.1) is 22.0 Å². The molecule has 1 N–H and O–H groups in total. The van der Waals surface area contributed by atoms with E-state index >= 15 is 0 Å². The van der Waals surface area contributed by atoms with Gasteiger partial charge >= 0.3 is 0 Å². The molecule has 1 fully saturated rings. The molecule has 4 aromatic carbocycles. The minimum absolute atomic E-state index is 0.0396. The number of benzene rings is 4. The Hall–Kier alpha value is -5.64. The number of nitrogens with zero attached hydrogens (tertiary/aromatic N) is 3. The monoisotopic (exact) mass is 586 g/mol. The van der Waals surface area contributed by atoms with E-state index in [-0.39, 0.29) is 29.5 Å². The van der Waals surface area contributed by atoms with Crippen molar-refractivity contribution in [1.82, 2.24) is 5.43 Å². The predicted molar refractivity (Wildman–Crippen MR) is 161 cm³/mol. The molecular formula is C34H26N4O6. The lowest BCUT2D eigenvalue weighted by Gasteiger charge is -2.52. The van der Waals surface area contributed by atoms with E-state index in [2.05, 4.69) is 10.5 Å². The standard InChI is InChI=1S/C34H26N4O6/c1-44-27-18-21(38(42)43)15-16-26(27)37-32(40)30-29-22-11-5-7-13-24(22)34(31(30)33(37)41,25-14-8-6-12-23(25)29)19-35-36-28(39)17-20-9-3-2-4-10-20/h2-16,18-19,29-31H,17H2,1H3,(H,36,39)/b35-19-/t29?,30-,31-,34?/m0/s1. The van der Waals surface area contributed by atoms with Gasteiger partial charge in [-0.25, -0.2) is 10.3 Å². The van der Waals surface area contributed by atoms with Gasteiger partial charge in [-0.15, -0.1) is 0 Å². The molecule has 1 heterocycles. The molecule has 8 rings (SSSR count). The van der Waals surface area contributed by atoms with Crippen molar-refractivity contribution in [2.24, 2.45) is 16.9 Å². The van der Waals surface area contributed by atoms with Crippen LogP contribution in [0.15, 0.2) is 102 Å². The summed E-state index contributed by atoms with van der Waals surface area (Å²) >= 11 is 0. The van der Waals surface area contributed by atoms with Gasteiger partial charge in [-0.1, -0.05) is 78.9 Å². The molecule has 10 heteroatoms. The zero-order valence-electron chi connectivity index (χ0n) is 23.5. The largest absolute Gasteiger partial charge is 0.494 e. The fourth-order valence-electron chi connectivity index (χ4n) is 7.28. The summed E-state index contributed by atoms with van der Waals surface area (Å²) in [6.45, 7) is 0. The smallest absolute Gasteiger partial charge is 0.273 e. The van der Waals surface area contributed by atoms with Crippen LogP contribution in [-0.2, 0) is 26.2 Å². The summed E-state index contributed by atoms with van der Waals surface area (Å²) in [6, 6.07) is 28.5. The molecule has 0 unspecified atom stereocenters. The van der Waals surface area contributed by atoms with Crippen LogP contribution in [0.1, 0.15) is 33.7 Å². The lowest BCUT2D eigenvalue weighted by molar-refractivity contribution is -0.384. The van der Waals surface area contributed by atoms with Gasteiger partial charge < -0.3 is 4.74 Å². The van der Waals surface area contributed by atoms with Crippen LogP contribution in [0.5, 0.6) is 5.75 Å². The minimum atomic E-state index is -1.18. The Balaban J connectivity index is 1.36. The van der Waals surface area contributed by atoms with Gasteiger partial charge in [0.25, 0.3) is 5.69 Å². The third-order valence-corrected chi connectivity index (χ3v) is 8.96. The lowest BCUT2D eigenvalue weighted by Crippen LogP contribution is -2.54. The summed E-state index contributed by atoms with van der Waals surface area (Å²) in [6.07, 6.45) is 1.72. The second kappa shape index (κ2) is 10.3. The van der Waals surface area contributed by atoms with Crippen molar-refractivity contribution in [3.63, 3.8) is 0 Å². The molecule has 2 bridgehead atoms. The van der Waals surface area contributed by atoms with E-state index in [4.69, 9.17) is 4.74 Å². The van der Waals surface area contributed by atoms with Crippen LogP contribution in [0.2, 0.25) is 0 Å². The molecular weight excluding hydrogens is 560 g/mol. The zero-order chi connectivity index (χ0) is 30.6. The first-order valence-electron chi connectivity index (χ1n) is 14.1. The van der Waals surface area contributed by atoms with Crippen LogP contribution in [0.3, 0.4) is 0 Å². The quantitative estimate of drug-likeness (QED) is 0.147. The zero-order valence-corrected chi connectivity index (χ0v) is 23.5. The van der Waals surface area contributed by atoms with Crippen LogP contribution < -0.4 is 15.1 Å². The molecule has 0 saturated carbocycles. The predicted octanol–water partition coefficient (Wildman–Crippen LogP) is 4.50. The summed E-state index contributed by atoms with van der Waals surface area (Å²) in [4.78, 5) is 53.8. The molecule has 1 saturated heterocycles. The number of anilines is 1. The van der Waals surface area contributed by atoms with Crippen molar-refractivity contribution in [3.05, 3.63) is 135 Å². The van der Waals surface area contributed by atoms with Gasteiger partial charge in [0.05, 0.1) is 47.5 Å². The lowest BCUT2D eigenvalue weighted by atomic mass is 9.47. The fraction of sp³-hybridized carbons (Fsp3) is 0.176. The number of nitro benzene ring substituents is 1. The number of hydrogen-bond acceptors (Lipinski definition) is 7. The third kappa shape index (κ3) is 3.87. The Morgan fingerprint density at radius 2 is 1.59 bits per heavy atom. The normalized spacial score (nSPS) is 22.8. The van der Waals surface area contributed by atoms with Gasteiger partial charge in [-0.05, 0) is 33.9 Å². The topological polar surface area (TPSA) is 131 Å². The van der Waals surface area contributed by atoms with Crippen molar-refractivity contribution in [2.45, 2.75) is 17.8 Å². The first-order chi connectivity index (χ1) is 21.4. The Bertz CT molecular complexity index is 1840. The Morgan fingerprint density at radius 3 is 2.23 bits per heavy atom. The van der Waals surface area contributed by atoms with Crippen molar-refractivity contribution in [2.75, 3.05) is 12.0 Å². The van der Waals surface area contributed by atoms with E-state index < -0.39 is 39.9 Å². The number of nitro groups is 1. The first-order valence-corrected chi connectivity index (χ1v) is 14.1. The molecule has 4 aromatic rings. The van der Waals surface area contributed by atoms with Gasteiger partial charge in [0, 0.05) is 18.2 Å². The molecule has 3 aliphatic carbocycles. The van der Waals surface area contributed by atoms with E-state index in [9.17, 15) is 24.5 Å². The second-order valence-electron chi connectivity index (χ2n) is 11.1. The number of imide groups is 1. The van der Waals surface area contributed by atoms with Crippen molar-refractivity contribution in [1.29, 1.82) is 0 Å². The minimum Gasteiger partial charge on any atom is -0.494 e. The molecule has 0 spiro atoms. The molecule has 44 heavy (non-hydrogen) atoms. The number of non-ortho nitro benzene ring substituents is 1. The number of amides is 3. The van der Waals surface area contributed by atoms with E-state index in [1.165, 1.54) is 25.3 Å². The number of hydrogen-bond donors (Lipinski definition) is 1. The second-order valence-corrected chi connectivity index (χ2v) is 11.1. The van der Waals surface area contributed by atoms with Crippen LogP contribution in [-0.4, -0.2) is 36.0 Å². The SMILES string of the molecule is COc1cc([N+](=O)[O-])ccc1N1C(=O)[C@@H]2[C@@H](C1=O)C1c3ccccc3C2(/C=N\NC(=O)Cc2ccccc2)c2ccccc21. The average molecular weight is 587 g/mol. The number of carbonyl (C=O) groups is 3. The highest BCUT2D eigenvalue weighted by atomic mass is 16.6. The van der Waals surface area contributed by atoms with Gasteiger partial charge in [0.1, 0.15) is 5.75 Å². The number of methoxy groups -OCH3 is 1. The molecule has 218 valence electrons. The van der Waals surface area contributed by atoms with Crippen molar-refractivity contribution in [3.8, 4) is 5.75 Å². The number of carbonyl (C=O) groups excluding carboxylic acids is 3. The maximum Gasteiger partial charge on any atom is 0.273 e. The van der Waals surface area contributed by atoms with E-state index in [0.717, 1.165) is 32.7 Å².